The van der Waals surface area contributed by atoms with Gasteiger partial charge in [0.1, 0.15) is 0 Å². The number of hydrogen-bond acceptors (Lipinski definition) is 3. The lowest BCUT2D eigenvalue weighted by atomic mass is 10.0. The summed E-state index contributed by atoms with van der Waals surface area (Å²) in [6.45, 7) is 2.67. The van der Waals surface area contributed by atoms with Crippen LogP contribution < -0.4 is 0 Å². The van der Waals surface area contributed by atoms with E-state index in [9.17, 15) is 9.59 Å². The van der Waals surface area contributed by atoms with Crippen molar-refractivity contribution in [3.63, 3.8) is 0 Å². The quantitative estimate of drug-likeness (QED) is 0.0543. The SMILES string of the molecule is CCCCCCCCCCCCCCCCCCCCCCCCCCCCCCOC(=O)/C=C\C(=O)O. The summed E-state index contributed by atoms with van der Waals surface area (Å²) in [6, 6.07) is 0. The second kappa shape index (κ2) is 31.9. The molecular weight excluding hydrogens is 472 g/mol. The first-order chi connectivity index (χ1) is 18.7. The normalized spacial score (nSPS) is 11.4. The molecule has 0 fully saturated rings. The number of esters is 1. The molecule has 0 radical (unpaired) electrons. The first-order valence-corrected chi connectivity index (χ1v) is 16.7. The van der Waals surface area contributed by atoms with Crippen molar-refractivity contribution in [2.75, 3.05) is 6.61 Å². The van der Waals surface area contributed by atoms with Crippen LogP contribution in [0.25, 0.3) is 0 Å². The molecule has 0 saturated carbocycles. The van der Waals surface area contributed by atoms with Gasteiger partial charge in [-0.1, -0.05) is 180 Å². The Morgan fingerprint density at radius 3 is 0.974 bits per heavy atom. The summed E-state index contributed by atoms with van der Waals surface area (Å²) in [5, 5.41) is 8.45. The van der Waals surface area contributed by atoms with E-state index in [1.807, 2.05) is 0 Å². The summed E-state index contributed by atoms with van der Waals surface area (Å²) in [6.07, 6.45) is 40.4. The van der Waals surface area contributed by atoms with E-state index in [2.05, 4.69) is 6.92 Å². The Morgan fingerprint density at radius 1 is 0.447 bits per heavy atom. The molecule has 4 nitrogen and oxygen atoms in total. The fraction of sp³-hybridized carbons (Fsp3) is 0.882. The second-order valence-corrected chi connectivity index (χ2v) is 11.4. The van der Waals surface area contributed by atoms with E-state index in [4.69, 9.17) is 9.84 Å². The fourth-order valence-corrected chi connectivity index (χ4v) is 5.13. The zero-order chi connectivity index (χ0) is 27.8. The van der Waals surface area contributed by atoms with Gasteiger partial charge in [0, 0.05) is 12.2 Å². The van der Waals surface area contributed by atoms with Crippen molar-refractivity contribution in [1.82, 2.24) is 0 Å². The highest BCUT2D eigenvalue weighted by molar-refractivity contribution is 5.90. The molecule has 0 saturated heterocycles. The van der Waals surface area contributed by atoms with Gasteiger partial charge in [0.05, 0.1) is 6.61 Å². The summed E-state index contributed by atoms with van der Waals surface area (Å²) in [5.41, 5.74) is 0. The maximum absolute atomic E-state index is 11.2. The van der Waals surface area contributed by atoms with Gasteiger partial charge in [0.25, 0.3) is 0 Å². The summed E-state index contributed by atoms with van der Waals surface area (Å²) in [7, 11) is 0. The predicted molar refractivity (Wildman–Crippen MR) is 163 cm³/mol. The molecule has 0 aromatic heterocycles. The molecule has 0 aliphatic carbocycles. The maximum atomic E-state index is 11.2. The minimum atomic E-state index is -1.13. The number of carbonyl (C=O) groups is 2. The molecule has 0 amide bonds. The molecule has 0 heterocycles. The molecule has 224 valence electrons. The highest BCUT2D eigenvalue weighted by Crippen LogP contribution is 2.16. The molecule has 0 bridgehead atoms. The molecule has 0 aliphatic rings. The Balaban J connectivity index is 3.09. The number of carbonyl (C=O) groups excluding carboxylic acids is 1. The molecule has 0 atom stereocenters. The van der Waals surface area contributed by atoms with Gasteiger partial charge in [-0.3, -0.25) is 0 Å². The van der Waals surface area contributed by atoms with Crippen molar-refractivity contribution in [3.05, 3.63) is 12.2 Å². The standard InChI is InChI=1S/C34H64O4/c1-2-3-4-5-6-7-8-9-10-11-12-13-14-15-16-17-18-19-20-21-22-23-24-25-26-27-28-29-32-38-34(37)31-30-33(35)36/h30-31H,2-29,32H2,1H3,(H,35,36)/b31-30-. The molecular formula is C34H64O4. The molecule has 0 rings (SSSR count). The summed E-state index contributed by atoms with van der Waals surface area (Å²) >= 11 is 0. The zero-order valence-corrected chi connectivity index (χ0v) is 25.3. The van der Waals surface area contributed by atoms with E-state index in [-0.39, 0.29) is 0 Å². The van der Waals surface area contributed by atoms with Gasteiger partial charge in [-0.2, -0.15) is 0 Å². The van der Waals surface area contributed by atoms with Crippen molar-refractivity contribution in [2.45, 2.75) is 187 Å². The Morgan fingerprint density at radius 2 is 0.711 bits per heavy atom. The second-order valence-electron chi connectivity index (χ2n) is 11.4. The van der Waals surface area contributed by atoms with Crippen molar-refractivity contribution in [1.29, 1.82) is 0 Å². The maximum Gasteiger partial charge on any atom is 0.331 e. The number of rotatable bonds is 31. The minimum Gasteiger partial charge on any atom is -0.478 e. The third-order valence-corrected chi connectivity index (χ3v) is 7.60. The highest BCUT2D eigenvalue weighted by atomic mass is 16.5. The van der Waals surface area contributed by atoms with Gasteiger partial charge < -0.3 is 9.84 Å². The van der Waals surface area contributed by atoms with Gasteiger partial charge in [0.2, 0.25) is 0 Å². The number of unbranched alkanes of at least 4 members (excludes halogenated alkanes) is 27. The van der Waals surface area contributed by atoms with Crippen molar-refractivity contribution in [3.8, 4) is 0 Å². The van der Waals surface area contributed by atoms with E-state index in [0.717, 1.165) is 25.0 Å². The van der Waals surface area contributed by atoms with E-state index < -0.39 is 11.9 Å². The first-order valence-electron chi connectivity index (χ1n) is 16.7. The molecule has 0 aromatic rings. The van der Waals surface area contributed by atoms with Crippen LogP contribution in [0.5, 0.6) is 0 Å². The van der Waals surface area contributed by atoms with Crippen LogP contribution in [-0.4, -0.2) is 23.7 Å². The molecule has 38 heavy (non-hydrogen) atoms. The van der Waals surface area contributed by atoms with Gasteiger partial charge in [0.15, 0.2) is 0 Å². The molecule has 0 aromatic carbocycles. The molecule has 0 unspecified atom stereocenters. The highest BCUT2D eigenvalue weighted by Gasteiger charge is 1.99. The summed E-state index contributed by atoms with van der Waals surface area (Å²) in [5.74, 6) is -1.70. The lowest BCUT2D eigenvalue weighted by Crippen LogP contribution is -2.03. The van der Waals surface area contributed by atoms with Gasteiger partial charge in [-0.05, 0) is 6.42 Å². The van der Waals surface area contributed by atoms with Crippen LogP contribution in [0.3, 0.4) is 0 Å². The van der Waals surface area contributed by atoms with Crippen LogP contribution in [0.2, 0.25) is 0 Å². The number of carboxylic acids is 1. The van der Waals surface area contributed by atoms with Crippen LogP contribution in [0.4, 0.5) is 0 Å². The number of aliphatic carboxylic acids is 1. The van der Waals surface area contributed by atoms with Crippen LogP contribution in [0.1, 0.15) is 187 Å². The van der Waals surface area contributed by atoms with E-state index in [1.165, 1.54) is 167 Å². The van der Waals surface area contributed by atoms with Gasteiger partial charge in [-0.25, -0.2) is 9.59 Å². The van der Waals surface area contributed by atoms with Gasteiger partial charge >= 0.3 is 11.9 Å². The van der Waals surface area contributed by atoms with Crippen molar-refractivity contribution >= 4 is 11.9 Å². The first kappa shape index (κ1) is 36.7. The number of hydrogen-bond donors (Lipinski definition) is 1. The van der Waals surface area contributed by atoms with E-state index in [0.29, 0.717) is 6.61 Å². The Bertz CT molecular complexity index is 529. The van der Waals surface area contributed by atoms with Gasteiger partial charge in [-0.15, -0.1) is 0 Å². The van der Waals surface area contributed by atoms with E-state index in [1.54, 1.807) is 0 Å². The monoisotopic (exact) mass is 536 g/mol. The average molecular weight is 537 g/mol. The molecule has 0 spiro atoms. The summed E-state index contributed by atoms with van der Waals surface area (Å²) in [4.78, 5) is 21.5. The molecule has 1 N–H and O–H groups in total. The van der Waals surface area contributed by atoms with E-state index >= 15 is 0 Å². The largest absolute Gasteiger partial charge is 0.478 e. The smallest absolute Gasteiger partial charge is 0.331 e. The topological polar surface area (TPSA) is 63.6 Å². The fourth-order valence-electron chi connectivity index (χ4n) is 5.13. The van der Waals surface area contributed by atoms with Crippen molar-refractivity contribution < 1.29 is 19.4 Å². The summed E-state index contributed by atoms with van der Waals surface area (Å²) < 4.78 is 4.96. The Labute approximate surface area is 236 Å². The number of ether oxygens (including phenoxy) is 1. The van der Waals surface area contributed by atoms with Crippen LogP contribution in [-0.2, 0) is 14.3 Å². The lowest BCUT2D eigenvalue weighted by molar-refractivity contribution is -0.138. The van der Waals surface area contributed by atoms with Crippen LogP contribution in [0.15, 0.2) is 12.2 Å². The molecule has 0 aliphatic heterocycles. The zero-order valence-electron chi connectivity index (χ0n) is 25.3. The Hall–Kier alpha value is -1.32. The Kier molecular flexibility index (Phi) is 30.8. The number of carboxylic acid groups (broad SMARTS) is 1. The van der Waals surface area contributed by atoms with Crippen LogP contribution in [0, 0.1) is 0 Å². The van der Waals surface area contributed by atoms with Crippen LogP contribution >= 0.6 is 0 Å². The van der Waals surface area contributed by atoms with Crippen molar-refractivity contribution in [2.24, 2.45) is 0 Å². The third kappa shape index (κ3) is 32.7. The molecule has 4 heteroatoms. The minimum absolute atomic E-state index is 0.377. The predicted octanol–water partition coefficient (Wildman–Crippen LogP) is 11.1. The average Bonchev–Trinajstić information content (AvgIpc) is 2.91. The third-order valence-electron chi connectivity index (χ3n) is 7.60. The lowest BCUT2D eigenvalue weighted by Gasteiger charge is -2.05.